The molecule has 0 bridgehead atoms. The Morgan fingerprint density at radius 1 is 0.893 bits per heavy atom. The highest BCUT2D eigenvalue weighted by Gasteiger charge is 2.43. The third kappa shape index (κ3) is 3.46. The number of imide groups is 1. The Morgan fingerprint density at radius 3 is 2.14 bits per heavy atom. The molecule has 1 aliphatic rings. The summed E-state index contributed by atoms with van der Waals surface area (Å²) in [6.07, 6.45) is 0.204. The summed E-state index contributed by atoms with van der Waals surface area (Å²) in [5, 5.41) is 1.90. The number of benzene rings is 2. The zero-order valence-corrected chi connectivity index (χ0v) is 15.7. The van der Waals surface area contributed by atoms with Crippen molar-refractivity contribution in [1.29, 1.82) is 0 Å². The van der Waals surface area contributed by atoms with Crippen LogP contribution < -0.4 is 0 Å². The van der Waals surface area contributed by atoms with Crippen molar-refractivity contribution in [2.75, 3.05) is 0 Å². The maximum atomic E-state index is 12.9. The number of hydrogen-bond acceptors (Lipinski definition) is 5. The molecule has 2 amide bonds. The van der Waals surface area contributed by atoms with Gasteiger partial charge in [-0.1, -0.05) is 48.5 Å². The van der Waals surface area contributed by atoms with Gasteiger partial charge in [0.25, 0.3) is 11.8 Å². The fraction of sp³-hybridized carbons (Fsp3) is 0.136. The zero-order chi connectivity index (χ0) is 19.5. The summed E-state index contributed by atoms with van der Waals surface area (Å²) in [5.41, 5.74) is 1.48. The van der Waals surface area contributed by atoms with E-state index in [9.17, 15) is 14.4 Å². The second-order valence-corrected chi connectivity index (χ2v) is 7.45. The molecular weight excluding hydrogens is 374 g/mol. The first kappa shape index (κ1) is 18.1. The van der Waals surface area contributed by atoms with Gasteiger partial charge in [-0.05, 0) is 29.1 Å². The van der Waals surface area contributed by atoms with Gasteiger partial charge in [-0.2, -0.15) is 0 Å². The van der Waals surface area contributed by atoms with E-state index >= 15 is 0 Å². The summed E-state index contributed by atoms with van der Waals surface area (Å²) in [4.78, 5) is 40.6. The van der Waals surface area contributed by atoms with Crippen molar-refractivity contribution in [3.8, 4) is 0 Å². The van der Waals surface area contributed by atoms with Crippen molar-refractivity contribution in [1.82, 2.24) is 4.90 Å². The number of esters is 1. The highest BCUT2D eigenvalue weighted by atomic mass is 32.1. The summed E-state index contributed by atoms with van der Waals surface area (Å²) in [7, 11) is 0. The van der Waals surface area contributed by atoms with E-state index in [1.807, 2.05) is 47.8 Å². The Kier molecular flexibility index (Phi) is 5.04. The molecule has 1 atom stereocenters. The Hall–Kier alpha value is -3.25. The fourth-order valence-electron chi connectivity index (χ4n) is 3.24. The van der Waals surface area contributed by atoms with E-state index in [-0.39, 0.29) is 13.0 Å². The minimum Gasteiger partial charge on any atom is -0.458 e. The van der Waals surface area contributed by atoms with E-state index < -0.39 is 23.8 Å². The lowest BCUT2D eigenvalue weighted by atomic mass is 10.0. The van der Waals surface area contributed by atoms with E-state index in [1.165, 1.54) is 11.3 Å². The van der Waals surface area contributed by atoms with Crippen LogP contribution in [0.25, 0.3) is 0 Å². The summed E-state index contributed by atoms with van der Waals surface area (Å²) in [6.45, 7) is 0.116. The minimum atomic E-state index is -1.02. The molecule has 140 valence electrons. The maximum Gasteiger partial charge on any atom is 0.330 e. The Balaban J connectivity index is 1.62. The number of carbonyl (C=O) groups excluding carboxylic acids is 3. The van der Waals surface area contributed by atoms with Crippen LogP contribution in [0.1, 0.15) is 31.2 Å². The Labute approximate surface area is 166 Å². The number of nitrogens with zero attached hydrogens (tertiary/aromatic N) is 1. The fourth-order valence-corrected chi connectivity index (χ4v) is 3.86. The molecule has 3 aromatic rings. The molecule has 1 aliphatic heterocycles. The molecule has 0 aliphatic carbocycles. The van der Waals surface area contributed by atoms with E-state index in [4.69, 9.17) is 4.74 Å². The van der Waals surface area contributed by atoms with E-state index in [2.05, 4.69) is 0 Å². The third-order valence-corrected chi connectivity index (χ3v) is 5.47. The number of ether oxygens (including phenoxy) is 1. The molecule has 0 saturated heterocycles. The van der Waals surface area contributed by atoms with Crippen LogP contribution in [0, 0.1) is 0 Å². The van der Waals surface area contributed by atoms with Crippen LogP contribution in [0.15, 0.2) is 72.1 Å². The molecule has 2 heterocycles. The van der Waals surface area contributed by atoms with Crippen LogP contribution in [0.4, 0.5) is 0 Å². The number of amides is 2. The van der Waals surface area contributed by atoms with Crippen LogP contribution in [-0.2, 0) is 22.6 Å². The van der Waals surface area contributed by atoms with Crippen molar-refractivity contribution in [2.24, 2.45) is 0 Å². The van der Waals surface area contributed by atoms with Crippen LogP contribution in [0.3, 0.4) is 0 Å². The lowest BCUT2D eigenvalue weighted by Crippen LogP contribution is -2.47. The zero-order valence-electron chi connectivity index (χ0n) is 14.9. The van der Waals surface area contributed by atoms with Crippen molar-refractivity contribution < 1.29 is 19.1 Å². The van der Waals surface area contributed by atoms with Crippen molar-refractivity contribution >= 4 is 29.1 Å². The molecular formula is C22H17NO4S. The van der Waals surface area contributed by atoms with Gasteiger partial charge in [0.2, 0.25) is 0 Å². The molecule has 0 N–H and O–H groups in total. The second-order valence-electron chi connectivity index (χ2n) is 6.42. The first-order valence-corrected chi connectivity index (χ1v) is 9.73. The van der Waals surface area contributed by atoms with Gasteiger partial charge in [-0.3, -0.25) is 14.5 Å². The normalized spacial score (nSPS) is 14.1. The number of thiophene rings is 1. The van der Waals surface area contributed by atoms with E-state index in [1.54, 1.807) is 24.3 Å². The first-order valence-electron chi connectivity index (χ1n) is 8.85. The quantitative estimate of drug-likeness (QED) is 0.475. The van der Waals surface area contributed by atoms with Crippen LogP contribution in [0.2, 0.25) is 0 Å². The highest BCUT2D eigenvalue weighted by Crippen LogP contribution is 2.26. The summed E-state index contributed by atoms with van der Waals surface area (Å²) in [6, 6.07) is 18.6. The largest absolute Gasteiger partial charge is 0.458 e. The lowest BCUT2D eigenvalue weighted by Gasteiger charge is -2.24. The van der Waals surface area contributed by atoms with Gasteiger partial charge in [0.1, 0.15) is 12.6 Å². The van der Waals surface area contributed by atoms with Crippen LogP contribution in [-0.4, -0.2) is 28.7 Å². The van der Waals surface area contributed by atoms with Crippen LogP contribution >= 0.6 is 11.3 Å². The molecule has 5 nitrogen and oxygen atoms in total. The van der Waals surface area contributed by atoms with E-state index in [0.29, 0.717) is 11.1 Å². The van der Waals surface area contributed by atoms with Crippen molar-refractivity contribution in [2.45, 2.75) is 19.1 Å². The Bertz CT molecular complexity index is 979. The maximum absolute atomic E-state index is 12.9. The topological polar surface area (TPSA) is 63.7 Å². The van der Waals surface area contributed by atoms with Gasteiger partial charge in [0.15, 0.2) is 0 Å². The van der Waals surface area contributed by atoms with Gasteiger partial charge >= 0.3 is 5.97 Å². The molecule has 4 rings (SSSR count). The predicted octanol–water partition coefficient (Wildman–Crippen LogP) is 3.70. The summed E-state index contributed by atoms with van der Waals surface area (Å²) in [5.74, 6) is -1.52. The van der Waals surface area contributed by atoms with Gasteiger partial charge in [0.05, 0.1) is 11.1 Å². The molecule has 0 unspecified atom stereocenters. The third-order valence-electron chi connectivity index (χ3n) is 4.62. The number of carbonyl (C=O) groups is 3. The Morgan fingerprint density at radius 2 is 1.54 bits per heavy atom. The van der Waals surface area contributed by atoms with Gasteiger partial charge in [0, 0.05) is 11.3 Å². The average Bonchev–Trinajstić information content (AvgIpc) is 3.33. The average molecular weight is 391 g/mol. The summed E-state index contributed by atoms with van der Waals surface area (Å²) < 4.78 is 5.45. The van der Waals surface area contributed by atoms with Gasteiger partial charge < -0.3 is 4.74 Å². The number of hydrogen-bond donors (Lipinski definition) is 0. The molecule has 0 saturated carbocycles. The lowest BCUT2D eigenvalue weighted by molar-refractivity contribution is -0.149. The molecule has 0 spiro atoms. The smallest absolute Gasteiger partial charge is 0.330 e. The SMILES string of the molecule is O=C(OCc1cccs1)[C@H](Cc1ccccc1)N1C(=O)c2ccccc2C1=O. The van der Waals surface area contributed by atoms with Crippen molar-refractivity contribution in [3.63, 3.8) is 0 Å². The number of fused-ring (bicyclic) bond motifs is 1. The first-order chi connectivity index (χ1) is 13.6. The van der Waals surface area contributed by atoms with Crippen LogP contribution in [0.5, 0.6) is 0 Å². The molecule has 1 aromatic heterocycles. The van der Waals surface area contributed by atoms with Gasteiger partial charge in [-0.15, -0.1) is 11.3 Å². The van der Waals surface area contributed by atoms with E-state index in [0.717, 1.165) is 15.3 Å². The standard InChI is InChI=1S/C22H17NO4S/c24-20-17-10-4-5-11-18(17)21(25)23(20)19(13-15-7-2-1-3-8-15)22(26)27-14-16-9-6-12-28-16/h1-12,19H,13-14H2/t19-/m0/s1. The van der Waals surface area contributed by atoms with Gasteiger partial charge in [-0.25, -0.2) is 4.79 Å². The molecule has 0 fully saturated rings. The monoisotopic (exact) mass is 391 g/mol. The number of rotatable bonds is 6. The highest BCUT2D eigenvalue weighted by molar-refractivity contribution is 7.09. The molecule has 2 aromatic carbocycles. The minimum absolute atomic E-state index is 0.116. The molecule has 0 radical (unpaired) electrons. The summed E-state index contributed by atoms with van der Waals surface area (Å²) >= 11 is 1.48. The molecule has 28 heavy (non-hydrogen) atoms. The van der Waals surface area contributed by atoms with Crippen molar-refractivity contribution in [3.05, 3.63) is 93.7 Å². The molecule has 6 heteroatoms. The predicted molar refractivity (Wildman–Crippen MR) is 105 cm³/mol. The second kappa shape index (κ2) is 7.78.